The Kier molecular flexibility index (Phi) is 3.04. The van der Waals surface area contributed by atoms with Gasteiger partial charge in [0, 0.05) is 16.1 Å². The largest absolute Gasteiger partial charge is 0.387 e. The van der Waals surface area contributed by atoms with Crippen LogP contribution in [-0.2, 0) is 5.41 Å². The molecule has 2 aromatic rings. The highest BCUT2D eigenvalue weighted by Gasteiger charge is 2.25. The third-order valence-corrected chi connectivity index (χ3v) is 3.19. The molecule has 0 bridgehead atoms. The maximum atomic E-state index is 9.97. The molecule has 0 aromatic carbocycles. The lowest BCUT2D eigenvalue weighted by atomic mass is 9.89. The fraction of sp³-hybridized carbons (Fsp3) is 0.462. The molecule has 1 atom stereocenters. The second-order valence-electron chi connectivity index (χ2n) is 5.35. The Bertz CT molecular complexity index is 552. The molecule has 0 aliphatic heterocycles. The molecule has 1 unspecified atom stereocenters. The molecule has 4 heteroatoms. The summed E-state index contributed by atoms with van der Waals surface area (Å²) >= 11 is 3.45. The number of aromatic nitrogens is 2. The number of fused-ring (bicyclic) bond motifs is 1. The van der Waals surface area contributed by atoms with E-state index in [1.54, 1.807) is 6.92 Å². The first-order valence-corrected chi connectivity index (χ1v) is 6.46. The second kappa shape index (κ2) is 4.10. The van der Waals surface area contributed by atoms with Gasteiger partial charge < -0.3 is 5.11 Å². The van der Waals surface area contributed by atoms with E-state index in [1.807, 2.05) is 22.7 Å². The van der Waals surface area contributed by atoms with Crippen LogP contribution in [-0.4, -0.2) is 14.5 Å². The minimum Gasteiger partial charge on any atom is -0.387 e. The lowest BCUT2D eigenvalue weighted by Crippen LogP contribution is -2.16. The smallest absolute Gasteiger partial charge is 0.137 e. The zero-order valence-corrected chi connectivity index (χ0v) is 12.1. The van der Waals surface area contributed by atoms with Crippen molar-refractivity contribution in [1.29, 1.82) is 0 Å². The zero-order chi connectivity index (χ0) is 12.8. The lowest BCUT2D eigenvalue weighted by molar-refractivity contribution is 0.190. The number of hydrogen-bond acceptors (Lipinski definition) is 2. The monoisotopic (exact) mass is 296 g/mol. The van der Waals surface area contributed by atoms with Crippen LogP contribution in [0, 0.1) is 0 Å². The fourth-order valence-corrected chi connectivity index (χ4v) is 2.32. The van der Waals surface area contributed by atoms with E-state index in [1.165, 1.54) is 0 Å². The quantitative estimate of drug-likeness (QED) is 0.875. The van der Waals surface area contributed by atoms with Crippen molar-refractivity contribution in [3.05, 3.63) is 34.2 Å². The van der Waals surface area contributed by atoms with E-state index in [2.05, 4.69) is 41.7 Å². The SMILES string of the molecule is CC(O)c1c(C(C)(C)C)nc2ccc(Br)cn12. The Morgan fingerprint density at radius 2 is 2.00 bits per heavy atom. The van der Waals surface area contributed by atoms with E-state index >= 15 is 0 Å². The van der Waals surface area contributed by atoms with Crippen molar-refractivity contribution in [3.63, 3.8) is 0 Å². The van der Waals surface area contributed by atoms with E-state index in [9.17, 15) is 5.11 Å². The van der Waals surface area contributed by atoms with Crippen molar-refractivity contribution >= 4 is 21.6 Å². The molecular formula is C13H17BrN2O. The predicted octanol–water partition coefficient (Wildman–Crippen LogP) is 3.45. The lowest BCUT2D eigenvalue weighted by Gasteiger charge is -2.19. The molecule has 2 heterocycles. The summed E-state index contributed by atoms with van der Waals surface area (Å²) in [4.78, 5) is 4.63. The first kappa shape index (κ1) is 12.6. The maximum absolute atomic E-state index is 9.97. The highest BCUT2D eigenvalue weighted by molar-refractivity contribution is 9.10. The van der Waals surface area contributed by atoms with E-state index in [-0.39, 0.29) is 5.41 Å². The molecule has 2 rings (SSSR count). The Balaban J connectivity index is 2.81. The Morgan fingerprint density at radius 3 is 2.53 bits per heavy atom. The Morgan fingerprint density at radius 1 is 1.35 bits per heavy atom. The predicted molar refractivity (Wildman–Crippen MR) is 72.2 cm³/mol. The summed E-state index contributed by atoms with van der Waals surface area (Å²) in [6.07, 6.45) is 1.41. The average Bonchev–Trinajstić information content (AvgIpc) is 2.55. The average molecular weight is 297 g/mol. The van der Waals surface area contributed by atoms with Crippen molar-refractivity contribution < 1.29 is 5.11 Å². The zero-order valence-electron chi connectivity index (χ0n) is 10.5. The summed E-state index contributed by atoms with van der Waals surface area (Å²) in [5.41, 5.74) is 2.61. The van der Waals surface area contributed by atoms with Crippen LogP contribution in [0.4, 0.5) is 0 Å². The van der Waals surface area contributed by atoms with Gasteiger partial charge in [0.2, 0.25) is 0 Å². The van der Waals surface area contributed by atoms with Crippen LogP contribution in [0.3, 0.4) is 0 Å². The molecule has 0 saturated heterocycles. The second-order valence-corrected chi connectivity index (χ2v) is 6.26. The molecule has 92 valence electrons. The standard InChI is InChI=1S/C13H17BrN2O/c1-8(17)11-12(13(2,3)4)15-10-6-5-9(14)7-16(10)11/h5-8,17H,1-4H3. The van der Waals surface area contributed by atoms with Crippen molar-refractivity contribution in [1.82, 2.24) is 9.38 Å². The summed E-state index contributed by atoms with van der Waals surface area (Å²) in [6, 6.07) is 3.91. The summed E-state index contributed by atoms with van der Waals surface area (Å²) in [7, 11) is 0. The van der Waals surface area contributed by atoms with Crippen LogP contribution in [0.2, 0.25) is 0 Å². The van der Waals surface area contributed by atoms with Gasteiger partial charge in [0.1, 0.15) is 5.65 Å². The van der Waals surface area contributed by atoms with Gasteiger partial charge in [-0.25, -0.2) is 4.98 Å². The van der Waals surface area contributed by atoms with Crippen LogP contribution < -0.4 is 0 Å². The van der Waals surface area contributed by atoms with E-state index < -0.39 is 6.10 Å². The van der Waals surface area contributed by atoms with Gasteiger partial charge in [-0.1, -0.05) is 20.8 Å². The molecule has 0 amide bonds. The number of pyridine rings is 1. The summed E-state index contributed by atoms with van der Waals surface area (Å²) in [5, 5.41) is 9.97. The summed E-state index contributed by atoms with van der Waals surface area (Å²) in [5.74, 6) is 0. The third kappa shape index (κ3) is 2.24. The molecular weight excluding hydrogens is 280 g/mol. The number of hydrogen-bond donors (Lipinski definition) is 1. The summed E-state index contributed by atoms with van der Waals surface area (Å²) < 4.78 is 2.93. The van der Waals surface area contributed by atoms with Gasteiger partial charge in [-0.15, -0.1) is 0 Å². The normalized spacial score (nSPS) is 14.2. The van der Waals surface area contributed by atoms with E-state index in [0.717, 1.165) is 21.5 Å². The molecule has 0 radical (unpaired) electrons. The number of aliphatic hydroxyl groups is 1. The minimum absolute atomic E-state index is 0.0786. The first-order chi connectivity index (χ1) is 7.80. The molecule has 2 aromatic heterocycles. The molecule has 0 fully saturated rings. The molecule has 0 spiro atoms. The third-order valence-electron chi connectivity index (χ3n) is 2.73. The minimum atomic E-state index is -0.534. The molecule has 3 nitrogen and oxygen atoms in total. The number of rotatable bonds is 1. The van der Waals surface area contributed by atoms with Crippen LogP contribution in [0.15, 0.2) is 22.8 Å². The van der Waals surface area contributed by atoms with Gasteiger partial charge in [-0.05, 0) is 35.0 Å². The number of halogens is 1. The van der Waals surface area contributed by atoms with Crippen LogP contribution >= 0.6 is 15.9 Å². The van der Waals surface area contributed by atoms with Gasteiger partial charge in [0.05, 0.1) is 17.5 Å². The van der Waals surface area contributed by atoms with Gasteiger partial charge in [0.15, 0.2) is 0 Å². The van der Waals surface area contributed by atoms with Crippen molar-refractivity contribution in [2.45, 2.75) is 39.2 Å². The van der Waals surface area contributed by atoms with Gasteiger partial charge >= 0.3 is 0 Å². The summed E-state index contributed by atoms with van der Waals surface area (Å²) in [6.45, 7) is 8.10. The molecule has 0 aliphatic carbocycles. The van der Waals surface area contributed by atoms with Gasteiger partial charge in [-0.3, -0.25) is 4.40 Å². The van der Waals surface area contributed by atoms with Crippen LogP contribution in [0.5, 0.6) is 0 Å². The van der Waals surface area contributed by atoms with E-state index in [4.69, 9.17) is 0 Å². The van der Waals surface area contributed by atoms with Gasteiger partial charge in [0.25, 0.3) is 0 Å². The highest BCUT2D eigenvalue weighted by Crippen LogP contribution is 2.30. The number of nitrogens with zero attached hydrogens (tertiary/aromatic N) is 2. The van der Waals surface area contributed by atoms with Crippen LogP contribution in [0.25, 0.3) is 5.65 Å². The van der Waals surface area contributed by atoms with Crippen molar-refractivity contribution in [2.24, 2.45) is 0 Å². The highest BCUT2D eigenvalue weighted by atomic mass is 79.9. The molecule has 0 saturated carbocycles. The van der Waals surface area contributed by atoms with Crippen molar-refractivity contribution in [3.8, 4) is 0 Å². The van der Waals surface area contributed by atoms with Crippen LogP contribution in [0.1, 0.15) is 45.2 Å². The number of aliphatic hydroxyl groups excluding tert-OH is 1. The molecule has 0 aliphatic rings. The molecule has 17 heavy (non-hydrogen) atoms. The van der Waals surface area contributed by atoms with Crippen molar-refractivity contribution in [2.75, 3.05) is 0 Å². The number of imidazole rings is 1. The maximum Gasteiger partial charge on any atom is 0.137 e. The fourth-order valence-electron chi connectivity index (χ4n) is 1.99. The van der Waals surface area contributed by atoms with E-state index in [0.29, 0.717) is 0 Å². The topological polar surface area (TPSA) is 37.5 Å². The Hall–Kier alpha value is -0.870. The molecule has 1 N–H and O–H groups in total. The first-order valence-electron chi connectivity index (χ1n) is 5.67. The Labute approximate surface area is 110 Å². The van der Waals surface area contributed by atoms with Gasteiger partial charge in [-0.2, -0.15) is 0 Å².